The van der Waals surface area contributed by atoms with Crippen LogP contribution in [0.3, 0.4) is 0 Å². The fourth-order valence-electron chi connectivity index (χ4n) is 2.95. The van der Waals surface area contributed by atoms with E-state index >= 15 is 0 Å². The largest absolute Gasteiger partial charge is 0.379 e. The van der Waals surface area contributed by atoms with Crippen molar-refractivity contribution in [3.8, 4) is 5.69 Å². The van der Waals surface area contributed by atoms with Crippen LogP contribution >= 0.6 is 23.2 Å². The van der Waals surface area contributed by atoms with Gasteiger partial charge < -0.3 is 10.1 Å². The SMILES string of the molecule is Cc1nc(C(=O)NC(C)CCN2CCOCC2)nn1-c1c(Cl)cccc1Cl. The van der Waals surface area contributed by atoms with E-state index in [0.717, 1.165) is 39.3 Å². The number of morpholine rings is 1. The van der Waals surface area contributed by atoms with E-state index in [1.807, 2.05) is 6.92 Å². The van der Waals surface area contributed by atoms with Gasteiger partial charge in [-0.15, -0.1) is 5.10 Å². The molecule has 3 rings (SSSR count). The number of aryl methyl sites for hydroxylation is 1. The van der Waals surface area contributed by atoms with Gasteiger partial charge >= 0.3 is 0 Å². The summed E-state index contributed by atoms with van der Waals surface area (Å²) in [5.41, 5.74) is 0.519. The van der Waals surface area contributed by atoms with Crippen LogP contribution in [-0.2, 0) is 4.74 Å². The molecule has 146 valence electrons. The van der Waals surface area contributed by atoms with Crippen molar-refractivity contribution in [2.24, 2.45) is 0 Å². The Labute approximate surface area is 168 Å². The molecule has 9 heteroatoms. The number of amides is 1. The summed E-state index contributed by atoms with van der Waals surface area (Å²) in [5.74, 6) is 0.326. The highest BCUT2D eigenvalue weighted by Gasteiger charge is 2.20. The minimum absolute atomic E-state index is 0.0107. The number of hydrogen-bond donors (Lipinski definition) is 1. The molecule has 0 spiro atoms. The molecule has 0 saturated carbocycles. The summed E-state index contributed by atoms with van der Waals surface area (Å²) in [6, 6.07) is 5.20. The molecule has 7 nitrogen and oxygen atoms in total. The molecule has 2 heterocycles. The van der Waals surface area contributed by atoms with E-state index in [0.29, 0.717) is 21.6 Å². The molecule has 0 bridgehead atoms. The van der Waals surface area contributed by atoms with Crippen LogP contribution in [0.25, 0.3) is 5.69 Å². The summed E-state index contributed by atoms with van der Waals surface area (Å²) < 4.78 is 6.84. The maximum atomic E-state index is 12.5. The molecule has 2 aromatic rings. The lowest BCUT2D eigenvalue weighted by molar-refractivity contribution is 0.0363. The number of carbonyl (C=O) groups is 1. The van der Waals surface area contributed by atoms with E-state index in [-0.39, 0.29) is 17.8 Å². The number of nitrogens with one attached hydrogen (secondary N) is 1. The summed E-state index contributed by atoms with van der Waals surface area (Å²) in [7, 11) is 0. The third-order valence-electron chi connectivity index (χ3n) is 4.48. The second kappa shape index (κ2) is 9.01. The van der Waals surface area contributed by atoms with Crippen molar-refractivity contribution in [3.05, 3.63) is 39.9 Å². The Hall–Kier alpha value is -1.67. The minimum atomic E-state index is -0.311. The van der Waals surface area contributed by atoms with E-state index in [1.165, 1.54) is 4.68 Å². The lowest BCUT2D eigenvalue weighted by atomic mass is 10.2. The van der Waals surface area contributed by atoms with E-state index in [9.17, 15) is 4.79 Å². The first-order valence-electron chi connectivity index (χ1n) is 8.94. The Kier molecular flexibility index (Phi) is 6.70. The van der Waals surface area contributed by atoms with Crippen LogP contribution in [0.2, 0.25) is 10.0 Å². The van der Waals surface area contributed by atoms with E-state index in [4.69, 9.17) is 27.9 Å². The molecule has 1 unspecified atom stereocenters. The zero-order chi connectivity index (χ0) is 19.4. The number of nitrogens with zero attached hydrogens (tertiary/aromatic N) is 4. The van der Waals surface area contributed by atoms with Gasteiger partial charge in [-0.25, -0.2) is 9.67 Å². The molecule has 1 N–H and O–H groups in total. The average molecular weight is 412 g/mol. The second-order valence-corrected chi connectivity index (χ2v) is 7.40. The number of halogens is 2. The van der Waals surface area contributed by atoms with Crippen LogP contribution in [-0.4, -0.2) is 64.5 Å². The quantitative estimate of drug-likeness (QED) is 0.790. The second-order valence-electron chi connectivity index (χ2n) is 6.58. The standard InChI is InChI=1S/C18H23Cl2N5O2/c1-12(6-7-24-8-10-27-11-9-24)21-18(26)17-22-13(2)25(23-17)16-14(19)4-3-5-15(16)20/h3-5,12H,6-11H2,1-2H3,(H,21,26). The normalized spacial score (nSPS) is 16.3. The van der Waals surface area contributed by atoms with Crippen molar-refractivity contribution < 1.29 is 9.53 Å². The van der Waals surface area contributed by atoms with Crippen LogP contribution in [0.1, 0.15) is 29.8 Å². The van der Waals surface area contributed by atoms with Gasteiger partial charge in [0.15, 0.2) is 0 Å². The Bertz CT molecular complexity index is 785. The Morgan fingerprint density at radius 1 is 1.30 bits per heavy atom. The van der Waals surface area contributed by atoms with Crippen molar-refractivity contribution in [2.45, 2.75) is 26.3 Å². The molecule has 1 aliphatic heterocycles. The smallest absolute Gasteiger partial charge is 0.291 e. The first-order chi connectivity index (χ1) is 13.0. The zero-order valence-corrected chi connectivity index (χ0v) is 16.9. The van der Waals surface area contributed by atoms with Crippen LogP contribution < -0.4 is 5.32 Å². The fourth-order valence-corrected chi connectivity index (χ4v) is 3.51. The summed E-state index contributed by atoms with van der Waals surface area (Å²) in [6.45, 7) is 8.06. The molecule has 1 atom stereocenters. The molecule has 1 aliphatic rings. The molecule has 1 fully saturated rings. The van der Waals surface area contributed by atoms with Crippen molar-refractivity contribution in [1.29, 1.82) is 0 Å². The molecular formula is C18H23Cl2N5O2. The van der Waals surface area contributed by atoms with E-state index in [1.54, 1.807) is 25.1 Å². The molecule has 27 heavy (non-hydrogen) atoms. The van der Waals surface area contributed by atoms with Crippen molar-refractivity contribution in [2.75, 3.05) is 32.8 Å². The fraction of sp³-hybridized carbons (Fsp3) is 0.500. The van der Waals surface area contributed by atoms with Gasteiger partial charge in [-0.05, 0) is 32.4 Å². The number of ether oxygens (including phenoxy) is 1. The van der Waals surface area contributed by atoms with Gasteiger partial charge in [0.2, 0.25) is 5.82 Å². The third kappa shape index (κ3) is 4.99. The number of benzene rings is 1. The van der Waals surface area contributed by atoms with Crippen LogP contribution in [0.5, 0.6) is 0 Å². The van der Waals surface area contributed by atoms with E-state index < -0.39 is 0 Å². The molecule has 1 aromatic carbocycles. The van der Waals surface area contributed by atoms with Gasteiger partial charge in [-0.1, -0.05) is 29.3 Å². The maximum Gasteiger partial charge on any atom is 0.291 e. The topological polar surface area (TPSA) is 72.3 Å². The number of aromatic nitrogens is 3. The summed E-state index contributed by atoms with van der Waals surface area (Å²) >= 11 is 12.5. The first-order valence-corrected chi connectivity index (χ1v) is 9.70. The monoisotopic (exact) mass is 411 g/mol. The molecule has 0 aliphatic carbocycles. The van der Waals surface area contributed by atoms with Crippen molar-refractivity contribution >= 4 is 29.1 Å². The Morgan fingerprint density at radius 3 is 2.63 bits per heavy atom. The lowest BCUT2D eigenvalue weighted by Gasteiger charge is -2.27. The van der Waals surface area contributed by atoms with Crippen LogP contribution in [0.4, 0.5) is 0 Å². The molecule has 0 radical (unpaired) electrons. The van der Waals surface area contributed by atoms with E-state index in [2.05, 4.69) is 20.3 Å². The van der Waals surface area contributed by atoms with Gasteiger partial charge in [-0.2, -0.15) is 0 Å². The number of carbonyl (C=O) groups excluding carboxylic acids is 1. The Morgan fingerprint density at radius 2 is 1.96 bits per heavy atom. The third-order valence-corrected chi connectivity index (χ3v) is 5.09. The van der Waals surface area contributed by atoms with Crippen LogP contribution in [0, 0.1) is 6.92 Å². The van der Waals surface area contributed by atoms with Crippen LogP contribution in [0.15, 0.2) is 18.2 Å². The highest BCUT2D eigenvalue weighted by molar-refractivity contribution is 6.37. The molecule has 1 aromatic heterocycles. The van der Waals surface area contributed by atoms with Gasteiger partial charge in [0.05, 0.1) is 23.3 Å². The Balaban J connectivity index is 1.63. The maximum absolute atomic E-state index is 12.5. The van der Waals surface area contributed by atoms with Crippen molar-refractivity contribution in [1.82, 2.24) is 25.0 Å². The zero-order valence-electron chi connectivity index (χ0n) is 15.4. The highest BCUT2D eigenvalue weighted by atomic mass is 35.5. The van der Waals surface area contributed by atoms with Gasteiger partial charge in [0.25, 0.3) is 5.91 Å². The number of hydrogen-bond acceptors (Lipinski definition) is 5. The highest BCUT2D eigenvalue weighted by Crippen LogP contribution is 2.28. The predicted octanol–water partition coefficient (Wildman–Crippen LogP) is 2.72. The number of para-hydroxylation sites is 1. The van der Waals surface area contributed by atoms with Gasteiger partial charge in [-0.3, -0.25) is 9.69 Å². The van der Waals surface area contributed by atoms with Gasteiger partial charge in [0, 0.05) is 25.7 Å². The first kappa shape index (κ1) is 20.1. The summed E-state index contributed by atoms with van der Waals surface area (Å²) in [5, 5.41) is 8.15. The molecule has 1 saturated heterocycles. The lowest BCUT2D eigenvalue weighted by Crippen LogP contribution is -2.40. The predicted molar refractivity (Wildman–Crippen MR) is 105 cm³/mol. The average Bonchev–Trinajstić information content (AvgIpc) is 3.02. The van der Waals surface area contributed by atoms with Crippen molar-refractivity contribution in [3.63, 3.8) is 0 Å². The minimum Gasteiger partial charge on any atom is -0.379 e. The summed E-state index contributed by atoms with van der Waals surface area (Å²) in [4.78, 5) is 19.1. The number of rotatable bonds is 6. The molecular weight excluding hydrogens is 389 g/mol. The van der Waals surface area contributed by atoms with Gasteiger partial charge in [0.1, 0.15) is 11.5 Å². The summed E-state index contributed by atoms with van der Waals surface area (Å²) in [6.07, 6.45) is 0.849. The molecule has 1 amide bonds.